The van der Waals surface area contributed by atoms with E-state index < -0.39 is 6.09 Å². The Hall–Kier alpha value is -2.28. The van der Waals surface area contributed by atoms with Crippen LogP contribution < -0.4 is 10.2 Å². The van der Waals surface area contributed by atoms with E-state index in [-0.39, 0.29) is 11.5 Å². The molecule has 2 N–H and O–H groups in total. The van der Waals surface area contributed by atoms with E-state index in [0.717, 1.165) is 81.5 Å². The summed E-state index contributed by atoms with van der Waals surface area (Å²) < 4.78 is 4.68. The second kappa shape index (κ2) is 8.46. The highest BCUT2D eigenvalue weighted by atomic mass is 16.5. The van der Waals surface area contributed by atoms with E-state index in [1.54, 1.807) is 0 Å². The van der Waals surface area contributed by atoms with Crippen LogP contribution >= 0.6 is 0 Å². The molecular formula is C23H33N3O4. The molecule has 2 saturated heterocycles. The van der Waals surface area contributed by atoms with Crippen molar-refractivity contribution in [2.24, 2.45) is 5.41 Å². The molecule has 1 atom stereocenters. The number of carbonyl (C=O) groups excluding carboxylic acids is 2. The van der Waals surface area contributed by atoms with Crippen molar-refractivity contribution >= 4 is 23.4 Å². The topological polar surface area (TPSA) is 82.1 Å². The lowest BCUT2D eigenvalue weighted by molar-refractivity contribution is -0.139. The molecule has 3 aliphatic rings. The number of piperidine rings is 1. The number of likely N-dealkylation sites (tertiary alicyclic amines) is 1. The van der Waals surface area contributed by atoms with E-state index in [4.69, 9.17) is 0 Å². The predicted octanol–water partition coefficient (Wildman–Crippen LogP) is 3.30. The van der Waals surface area contributed by atoms with E-state index in [2.05, 4.69) is 25.9 Å². The summed E-state index contributed by atoms with van der Waals surface area (Å²) in [6.45, 7) is 4.50. The molecule has 7 heteroatoms. The van der Waals surface area contributed by atoms with Gasteiger partial charge in [0, 0.05) is 37.1 Å². The summed E-state index contributed by atoms with van der Waals surface area (Å²) in [5.41, 5.74) is 2.51. The van der Waals surface area contributed by atoms with Crippen LogP contribution in [0.15, 0.2) is 18.2 Å². The zero-order valence-corrected chi connectivity index (χ0v) is 18.0. The van der Waals surface area contributed by atoms with Crippen LogP contribution in [-0.2, 0) is 9.53 Å². The number of benzene rings is 1. The highest BCUT2D eigenvalue weighted by Gasteiger charge is 2.50. The van der Waals surface area contributed by atoms with Gasteiger partial charge >= 0.3 is 6.09 Å². The Bertz CT molecular complexity index is 806. The van der Waals surface area contributed by atoms with Gasteiger partial charge in [-0.1, -0.05) is 0 Å². The number of aryl methyl sites for hydroxylation is 1. The Balaban J connectivity index is 1.46. The number of rotatable bonds is 3. The Kier molecular flexibility index (Phi) is 5.91. The number of hydrogen-bond donors (Lipinski definition) is 2. The molecule has 1 spiro atoms. The number of nitrogens with zero attached hydrogens (tertiary/aromatic N) is 2. The zero-order valence-electron chi connectivity index (χ0n) is 18.0. The summed E-state index contributed by atoms with van der Waals surface area (Å²) in [6, 6.07) is 6.28. The number of aliphatic hydroxyl groups is 1. The standard InChI is InChI=1S/C23H33N3O4/c1-16-14-18(6-9-20(16)24-22(29)30-2)25-12-3-10-23(15-25)11-13-26(21(23)28)17-4-7-19(27)8-5-17/h6,9,14,17,19,27H,3-5,7-8,10-13,15H2,1-2H3,(H,24,29)/t17-,19-,23-/m0/s1. The van der Waals surface area contributed by atoms with Crippen molar-refractivity contribution in [3.63, 3.8) is 0 Å². The van der Waals surface area contributed by atoms with Crippen molar-refractivity contribution in [3.8, 4) is 0 Å². The second-order valence-corrected chi connectivity index (χ2v) is 9.13. The fraction of sp³-hybridized carbons (Fsp3) is 0.652. The number of nitrogens with one attached hydrogen (secondary N) is 1. The first-order valence-corrected chi connectivity index (χ1v) is 11.1. The molecule has 7 nitrogen and oxygen atoms in total. The predicted molar refractivity (Wildman–Crippen MR) is 116 cm³/mol. The average molecular weight is 416 g/mol. The average Bonchev–Trinajstić information content (AvgIpc) is 3.05. The molecule has 4 rings (SSSR count). The van der Waals surface area contributed by atoms with Gasteiger partial charge in [0.2, 0.25) is 5.91 Å². The number of carbonyl (C=O) groups is 2. The fourth-order valence-electron chi connectivity index (χ4n) is 5.44. The Morgan fingerprint density at radius 3 is 2.67 bits per heavy atom. The summed E-state index contributed by atoms with van der Waals surface area (Å²) in [5, 5.41) is 12.5. The monoisotopic (exact) mass is 415 g/mol. The summed E-state index contributed by atoms with van der Waals surface area (Å²) >= 11 is 0. The van der Waals surface area contributed by atoms with E-state index in [0.29, 0.717) is 11.9 Å². The molecular weight excluding hydrogens is 382 g/mol. The quantitative estimate of drug-likeness (QED) is 0.792. The van der Waals surface area contributed by atoms with E-state index in [9.17, 15) is 14.7 Å². The van der Waals surface area contributed by atoms with Crippen LogP contribution in [0.25, 0.3) is 0 Å². The molecule has 0 unspecified atom stereocenters. The van der Waals surface area contributed by atoms with Gasteiger partial charge in [0.15, 0.2) is 0 Å². The van der Waals surface area contributed by atoms with Crippen LogP contribution in [0.3, 0.4) is 0 Å². The van der Waals surface area contributed by atoms with Gasteiger partial charge in [0.05, 0.1) is 18.6 Å². The third kappa shape index (κ3) is 4.00. The number of amides is 2. The van der Waals surface area contributed by atoms with Crippen molar-refractivity contribution in [1.29, 1.82) is 0 Å². The first kappa shape index (κ1) is 21.0. The molecule has 0 bridgehead atoms. The highest BCUT2D eigenvalue weighted by molar-refractivity contribution is 5.87. The number of hydrogen-bond acceptors (Lipinski definition) is 5. The molecule has 2 aliphatic heterocycles. The zero-order chi connectivity index (χ0) is 21.3. The number of anilines is 2. The molecule has 1 saturated carbocycles. The smallest absolute Gasteiger partial charge is 0.411 e. The van der Waals surface area contributed by atoms with Gasteiger partial charge in [-0.15, -0.1) is 0 Å². The Labute approximate surface area is 178 Å². The Morgan fingerprint density at radius 2 is 1.97 bits per heavy atom. The van der Waals surface area contributed by atoms with Crippen molar-refractivity contribution in [2.75, 3.05) is 37.0 Å². The molecule has 2 heterocycles. The minimum atomic E-state index is -0.477. The van der Waals surface area contributed by atoms with Gasteiger partial charge in [-0.3, -0.25) is 10.1 Å². The molecule has 1 aromatic carbocycles. The van der Waals surface area contributed by atoms with Gasteiger partial charge in [-0.05, 0) is 75.6 Å². The number of methoxy groups -OCH3 is 1. The first-order valence-electron chi connectivity index (χ1n) is 11.1. The maximum atomic E-state index is 13.5. The van der Waals surface area contributed by atoms with E-state index in [1.165, 1.54) is 7.11 Å². The van der Waals surface area contributed by atoms with E-state index in [1.807, 2.05) is 19.1 Å². The van der Waals surface area contributed by atoms with Crippen molar-refractivity contribution < 1.29 is 19.4 Å². The molecule has 1 aromatic rings. The Morgan fingerprint density at radius 1 is 1.20 bits per heavy atom. The maximum absolute atomic E-state index is 13.5. The number of aliphatic hydroxyl groups excluding tert-OH is 1. The summed E-state index contributed by atoms with van der Waals surface area (Å²) in [4.78, 5) is 29.4. The minimum Gasteiger partial charge on any atom is -0.453 e. The molecule has 2 amide bonds. The van der Waals surface area contributed by atoms with Crippen LogP contribution in [0.1, 0.15) is 50.5 Å². The van der Waals surface area contributed by atoms with Crippen LogP contribution in [-0.4, -0.2) is 60.9 Å². The molecule has 30 heavy (non-hydrogen) atoms. The van der Waals surface area contributed by atoms with Crippen molar-refractivity contribution in [2.45, 2.75) is 64.0 Å². The third-order valence-corrected chi connectivity index (χ3v) is 7.23. The first-order chi connectivity index (χ1) is 14.4. The van der Waals surface area contributed by atoms with Crippen molar-refractivity contribution in [1.82, 2.24) is 4.90 Å². The van der Waals surface area contributed by atoms with Gasteiger partial charge in [0.1, 0.15) is 0 Å². The maximum Gasteiger partial charge on any atom is 0.411 e. The largest absolute Gasteiger partial charge is 0.453 e. The van der Waals surface area contributed by atoms with Gasteiger partial charge in [-0.2, -0.15) is 0 Å². The lowest BCUT2D eigenvalue weighted by atomic mass is 9.78. The lowest BCUT2D eigenvalue weighted by Crippen LogP contribution is -2.50. The van der Waals surface area contributed by atoms with E-state index >= 15 is 0 Å². The SMILES string of the molecule is COC(=O)Nc1ccc(N2CCC[C@]3(CCN([C@H]4CC[C@H](O)CC4)C3=O)C2)cc1C. The molecule has 0 radical (unpaired) electrons. The minimum absolute atomic E-state index is 0.196. The third-order valence-electron chi connectivity index (χ3n) is 7.23. The lowest BCUT2D eigenvalue weighted by Gasteiger charge is -2.41. The second-order valence-electron chi connectivity index (χ2n) is 9.13. The molecule has 164 valence electrons. The normalized spacial score (nSPS) is 29.4. The molecule has 1 aliphatic carbocycles. The molecule has 3 fully saturated rings. The molecule has 0 aromatic heterocycles. The van der Waals surface area contributed by atoms with Crippen molar-refractivity contribution in [3.05, 3.63) is 23.8 Å². The summed E-state index contributed by atoms with van der Waals surface area (Å²) in [5.74, 6) is 0.314. The van der Waals surface area contributed by atoms with Gasteiger partial charge < -0.3 is 19.6 Å². The fourth-order valence-corrected chi connectivity index (χ4v) is 5.44. The van der Waals surface area contributed by atoms with Crippen LogP contribution in [0, 0.1) is 12.3 Å². The number of ether oxygens (including phenoxy) is 1. The van der Waals surface area contributed by atoms with Crippen LogP contribution in [0.4, 0.5) is 16.2 Å². The summed E-state index contributed by atoms with van der Waals surface area (Å²) in [6.07, 6.45) is 5.65. The summed E-state index contributed by atoms with van der Waals surface area (Å²) in [7, 11) is 1.35. The van der Waals surface area contributed by atoms with Crippen LogP contribution in [0.5, 0.6) is 0 Å². The van der Waals surface area contributed by atoms with Gasteiger partial charge in [0.25, 0.3) is 0 Å². The van der Waals surface area contributed by atoms with Gasteiger partial charge in [-0.25, -0.2) is 4.79 Å². The van der Waals surface area contributed by atoms with Crippen LogP contribution in [0.2, 0.25) is 0 Å². The highest BCUT2D eigenvalue weighted by Crippen LogP contribution is 2.43.